The van der Waals surface area contributed by atoms with E-state index in [1.807, 2.05) is 0 Å². The minimum absolute atomic E-state index is 0.124. The molecular formula is C12H20O5. The third kappa shape index (κ3) is 4.00. The van der Waals surface area contributed by atoms with Crippen molar-refractivity contribution in [1.29, 1.82) is 0 Å². The number of carbonyl (C=O) groups is 2. The Morgan fingerprint density at radius 2 is 1.76 bits per heavy atom. The molecule has 0 spiro atoms. The van der Waals surface area contributed by atoms with Crippen molar-refractivity contribution in [2.24, 2.45) is 11.8 Å². The molecule has 0 amide bonds. The number of rotatable bonds is 2. The normalized spacial score (nSPS) is 29.8. The van der Waals surface area contributed by atoms with Crippen molar-refractivity contribution in [3.05, 3.63) is 0 Å². The topological polar surface area (TPSA) is 83.8 Å². The second-order valence-corrected chi connectivity index (χ2v) is 5.55. The van der Waals surface area contributed by atoms with E-state index in [2.05, 4.69) is 0 Å². The molecule has 1 rings (SSSR count). The lowest BCUT2D eigenvalue weighted by Crippen LogP contribution is -2.40. The Bertz CT molecular complexity index is 305. The number of esters is 1. The van der Waals surface area contributed by atoms with Gasteiger partial charge in [0.05, 0.1) is 17.9 Å². The van der Waals surface area contributed by atoms with Crippen molar-refractivity contribution in [2.45, 2.75) is 51.7 Å². The Morgan fingerprint density at radius 1 is 1.18 bits per heavy atom. The van der Waals surface area contributed by atoms with Crippen LogP contribution < -0.4 is 0 Å². The quantitative estimate of drug-likeness (QED) is 0.713. The standard InChI is InChI=1S/C12H20O5/c1-12(2,3)17-11(16)8-5-4-7(13)6-9(8)10(14)15/h7-9,13H,4-6H2,1-3H3,(H,14,15)/t7-,8-,9-/m1/s1. The number of hydrogen-bond donors (Lipinski definition) is 2. The van der Waals surface area contributed by atoms with Gasteiger partial charge in [0, 0.05) is 0 Å². The number of hydrogen-bond acceptors (Lipinski definition) is 4. The smallest absolute Gasteiger partial charge is 0.310 e. The molecule has 0 bridgehead atoms. The number of aliphatic hydroxyl groups is 1. The fraction of sp³-hybridized carbons (Fsp3) is 0.833. The van der Waals surface area contributed by atoms with Crippen molar-refractivity contribution >= 4 is 11.9 Å². The van der Waals surface area contributed by atoms with Crippen LogP contribution in [0, 0.1) is 11.8 Å². The zero-order valence-electron chi connectivity index (χ0n) is 10.5. The molecule has 0 saturated heterocycles. The summed E-state index contributed by atoms with van der Waals surface area (Å²) in [6.07, 6.45) is 0.315. The summed E-state index contributed by atoms with van der Waals surface area (Å²) in [7, 11) is 0. The first-order chi connectivity index (χ1) is 7.70. The van der Waals surface area contributed by atoms with Gasteiger partial charge in [-0.1, -0.05) is 0 Å². The Morgan fingerprint density at radius 3 is 2.24 bits per heavy atom. The van der Waals surface area contributed by atoms with E-state index < -0.39 is 35.5 Å². The first-order valence-corrected chi connectivity index (χ1v) is 5.84. The molecule has 1 aliphatic rings. The van der Waals surface area contributed by atoms with E-state index >= 15 is 0 Å². The van der Waals surface area contributed by atoms with Crippen LogP contribution in [0.2, 0.25) is 0 Å². The van der Waals surface area contributed by atoms with Crippen LogP contribution in [-0.4, -0.2) is 33.9 Å². The van der Waals surface area contributed by atoms with E-state index in [0.29, 0.717) is 12.8 Å². The number of ether oxygens (including phenoxy) is 1. The molecule has 0 aromatic rings. The summed E-state index contributed by atoms with van der Waals surface area (Å²) in [6.45, 7) is 5.25. The highest BCUT2D eigenvalue weighted by molar-refractivity contribution is 5.81. The molecule has 0 heterocycles. The van der Waals surface area contributed by atoms with E-state index in [4.69, 9.17) is 9.84 Å². The van der Waals surface area contributed by atoms with Crippen LogP contribution in [0.3, 0.4) is 0 Å². The van der Waals surface area contributed by atoms with Crippen molar-refractivity contribution < 1.29 is 24.5 Å². The van der Waals surface area contributed by atoms with Gasteiger partial charge in [-0.15, -0.1) is 0 Å². The number of aliphatic hydroxyl groups excluding tert-OH is 1. The van der Waals surface area contributed by atoms with Gasteiger partial charge in [-0.05, 0) is 40.0 Å². The summed E-state index contributed by atoms with van der Waals surface area (Å²) in [6, 6.07) is 0. The summed E-state index contributed by atoms with van der Waals surface area (Å²) < 4.78 is 5.21. The van der Waals surface area contributed by atoms with E-state index in [0.717, 1.165) is 0 Å². The van der Waals surface area contributed by atoms with Gasteiger partial charge >= 0.3 is 11.9 Å². The molecule has 1 aliphatic carbocycles. The zero-order valence-corrected chi connectivity index (χ0v) is 10.5. The second kappa shape index (κ2) is 5.04. The average Bonchev–Trinajstić information content (AvgIpc) is 2.14. The predicted octanol–water partition coefficient (Wildman–Crippen LogP) is 1.19. The van der Waals surface area contributed by atoms with Crippen LogP contribution in [0.4, 0.5) is 0 Å². The number of aliphatic carboxylic acids is 1. The fourth-order valence-electron chi connectivity index (χ4n) is 2.08. The molecular weight excluding hydrogens is 224 g/mol. The molecule has 0 aromatic heterocycles. The fourth-order valence-corrected chi connectivity index (χ4v) is 2.08. The largest absolute Gasteiger partial charge is 0.481 e. The van der Waals surface area contributed by atoms with E-state index in [9.17, 15) is 14.7 Å². The molecule has 0 radical (unpaired) electrons. The van der Waals surface area contributed by atoms with Gasteiger partial charge < -0.3 is 14.9 Å². The molecule has 17 heavy (non-hydrogen) atoms. The summed E-state index contributed by atoms with van der Waals surface area (Å²) in [5.74, 6) is -3.00. The average molecular weight is 244 g/mol. The lowest BCUT2D eigenvalue weighted by molar-refractivity contribution is -0.170. The molecule has 0 aliphatic heterocycles. The highest BCUT2D eigenvalue weighted by Gasteiger charge is 2.40. The van der Waals surface area contributed by atoms with Crippen LogP contribution in [0.5, 0.6) is 0 Å². The number of carboxylic acids is 1. The minimum atomic E-state index is -1.04. The van der Waals surface area contributed by atoms with Gasteiger partial charge in [-0.25, -0.2) is 0 Å². The van der Waals surface area contributed by atoms with E-state index in [1.54, 1.807) is 20.8 Å². The molecule has 2 N–H and O–H groups in total. The third-order valence-corrected chi connectivity index (χ3v) is 2.85. The van der Waals surface area contributed by atoms with Crippen LogP contribution in [0.15, 0.2) is 0 Å². The van der Waals surface area contributed by atoms with Crippen LogP contribution in [0.25, 0.3) is 0 Å². The maximum atomic E-state index is 11.9. The molecule has 0 unspecified atom stereocenters. The monoisotopic (exact) mass is 244 g/mol. The number of carboxylic acid groups (broad SMARTS) is 1. The third-order valence-electron chi connectivity index (χ3n) is 2.85. The lowest BCUT2D eigenvalue weighted by atomic mass is 9.78. The lowest BCUT2D eigenvalue weighted by Gasteiger charge is -2.32. The first-order valence-electron chi connectivity index (χ1n) is 5.84. The van der Waals surface area contributed by atoms with Gasteiger partial charge in [0.1, 0.15) is 5.60 Å². The maximum Gasteiger partial charge on any atom is 0.310 e. The van der Waals surface area contributed by atoms with E-state index in [1.165, 1.54) is 0 Å². The Hall–Kier alpha value is -1.10. The molecule has 98 valence electrons. The van der Waals surface area contributed by atoms with Crippen molar-refractivity contribution in [3.8, 4) is 0 Å². The highest BCUT2D eigenvalue weighted by Crippen LogP contribution is 2.32. The number of carbonyl (C=O) groups excluding carboxylic acids is 1. The molecule has 3 atom stereocenters. The Kier molecular flexibility index (Phi) is 4.14. The molecule has 5 heteroatoms. The summed E-state index contributed by atoms with van der Waals surface area (Å²) in [4.78, 5) is 22.9. The van der Waals surface area contributed by atoms with Crippen molar-refractivity contribution in [3.63, 3.8) is 0 Å². The van der Waals surface area contributed by atoms with Gasteiger partial charge in [-0.3, -0.25) is 9.59 Å². The van der Waals surface area contributed by atoms with Crippen LogP contribution >= 0.6 is 0 Å². The van der Waals surface area contributed by atoms with Gasteiger partial charge in [0.2, 0.25) is 0 Å². The van der Waals surface area contributed by atoms with E-state index in [-0.39, 0.29) is 6.42 Å². The Labute approximate surface area is 101 Å². The molecule has 1 fully saturated rings. The first kappa shape index (κ1) is 14.0. The van der Waals surface area contributed by atoms with Gasteiger partial charge in [-0.2, -0.15) is 0 Å². The van der Waals surface area contributed by atoms with Crippen LogP contribution in [0.1, 0.15) is 40.0 Å². The highest BCUT2D eigenvalue weighted by atomic mass is 16.6. The predicted molar refractivity (Wildman–Crippen MR) is 60.3 cm³/mol. The SMILES string of the molecule is CC(C)(C)OC(=O)[C@@H]1CC[C@@H](O)C[C@H]1C(=O)O. The summed E-state index contributed by atoms with van der Waals surface area (Å²) in [5, 5.41) is 18.5. The minimum Gasteiger partial charge on any atom is -0.481 e. The van der Waals surface area contributed by atoms with Gasteiger partial charge in [0.25, 0.3) is 0 Å². The summed E-state index contributed by atoms with van der Waals surface area (Å²) >= 11 is 0. The second-order valence-electron chi connectivity index (χ2n) is 5.55. The van der Waals surface area contributed by atoms with Crippen molar-refractivity contribution in [1.82, 2.24) is 0 Å². The maximum absolute atomic E-state index is 11.9. The van der Waals surface area contributed by atoms with Crippen LogP contribution in [-0.2, 0) is 14.3 Å². The Balaban J connectivity index is 2.73. The van der Waals surface area contributed by atoms with Gasteiger partial charge in [0.15, 0.2) is 0 Å². The van der Waals surface area contributed by atoms with Crippen molar-refractivity contribution in [2.75, 3.05) is 0 Å². The molecule has 1 saturated carbocycles. The molecule has 5 nitrogen and oxygen atoms in total. The molecule has 0 aromatic carbocycles. The summed E-state index contributed by atoms with van der Waals surface area (Å²) in [5.41, 5.74) is -0.615. The zero-order chi connectivity index (χ0) is 13.2.